The Morgan fingerprint density at radius 1 is 1.30 bits per heavy atom. The molecule has 27 heavy (non-hydrogen) atoms. The monoisotopic (exact) mass is 417 g/mol. The number of benzene rings is 1. The van der Waals surface area contributed by atoms with E-state index in [2.05, 4.69) is 23.7 Å². The van der Waals surface area contributed by atoms with Gasteiger partial charge in [-0.1, -0.05) is 70.3 Å². The second-order valence-electron chi connectivity index (χ2n) is 5.33. The quantitative estimate of drug-likeness (QED) is 0.310. The summed E-state index contributed by atoms with van der Waals surface area (Å²) in [6.45, 7) is 14.5. The maximum Gasteiger partial charge on any atom is 0.217 e. The first kappa shape index (κ1) is 25.9. The molecular weight excluding hydrogens is 385 g/mol. The van der Waals surface area contributed by atoms with Gasteiger partial charge in [-0.3, -0.25) is 4.99 Å². The third-order valence-corrected chi connectivity index (χ3v) is 4.16. The zero-order valence-corrected chi connectivity index (χ0v) is 18.8. The van der Waals surface area contributed by atoms with E-state index in [0.29, 0.717) is 23.2 Å². The first-order chi connectivity index (χ1) is 13.0. The first-order valence-corrected chi connectivity index (χ1v) is 10.2. The topological polar surface area (TPSA) is 46.4 Å². The van der Waals surface area contributed by atoms with Crippen LogP contribution in [-0.4, -0.2) is 44.4 Å². The highest BCUT2D eigenvalue weighted by atomic mass is 35.5. The van der Waals surface area contributed by atoms with Crippen molar-refractivity contribution in [2.24, 2.45) is 10.1 Å². The Kier molecular flexibility index (Phi) is 13.4. The smallest absolute Gasteiger partial charge is 0.217 e. The maximum absolute atomic E-state index is 6.38. The lowest BCUT2D eigenvalue weighted by Crippen LogP contribution is -2.40. The van der Waals surface area contributed by atoms with Crippen LogP contribution < -0.4 is 0 Å². The van der Waals surface area contributed by atoms with Gasteiger partial charge in [-0.05, 0) is 18.6 Å². The molecule has 0 aliphatic carbocycles. The highest BCUT2D eigenvalue weighted by molar-refractivity contribution is 6.35. The SMILES string of the molecule is C=NN(C=NC)CC1(c2ccc(Cl)cc2Cl)OCC(CCC)O1.CC.CC. The Balaban J connectivity index is 0.00000158. The van der Waals surface area contributed by atoms with Crippen molar-refractivity contribution >= 4 is 36.3 Å². The molecule has 1 saturated heterocycles. The molecule has 0 aromatic heterocycles. The lowest BCUT2D eigenvalue weighted by atomic mass is 10.1. The molecular formula is C20H33Cl2N3O2. The summed E-state index contributed by atoms with van der Waals surface area (Å²) in [7, 11) is 1.66. The summed E-state index contributed by atoms with van der Waals surface area (Å²) < 4.78 is 12.3. The van der Waals surface area contributed by atoms with Crippen LogP contribution in [0.3, 0.4) is 0 Å². The van der Waals surface area contributed by atoms with Gasteiger partial charge in [0.25, 0.3) is 0 Å². The molecule has 1 aromatic carbocycles. The van der Waals surface area contributed by atoms with Gasteiger partial charge >= 0.3 is 0 Å². The molecule has 1 heterocycles. The van der Waals surface area contributed by atoms with Crippen LogP contribution >= 0.6 is 23.2 Å². The van der Waals surface area contributed by atoms with Crippen LogP contribution in [0.25, 0.3) is 0 Å². The first-order valence-electron chi connectivity index (χ1n) is 9.47. The average molecular weight is 418 g/mol. The summed E-state index contributed by atoms with van der Waals surface area (Å²) in [4.78, 5) is 3.97. The second kappa shape index (κ2) is 13.9. The minimum Gasteiger partial charge on any atom is -0.342 e. The van der Waals surface area contributed by atoms with Gasteiger partial charge in [0, 0.05) is 24.4 Å². The fourth-order valence-electron chi connectivity index (χ4n) is 2.61. The molecule has 0 radical (unpaired) electrons. The largest absolute Gasteiger partial charge is 0.342 e. The number of nitrogens with zero attached hydrogens (tertiary/aromatic N) is 3. The molecule has 2 rings (SSSR count). The normalized spacial score (nSPS) is 21.1. The van der Waals surface area contributed by atoms with Crippen molar-refractivity contribution in [2.75, 3.05) is 20.2 Å². The zero-order valence-electron chi connectivity index (χ0n) is 17.3. The van der Waals surface area contributed by atoms with E-state index in [1.165, 1.54) is 0 Å². The molecule has 0 N–H and O–H groups in total. The highest BCUT2D eigenvalue weighted by Gasteiger charge is 2.45. The van der Waals surface area contributed by atoms with Crippen molar-refractivity contribution in [3.8, 4) is 0 Å². The van der Waals surface area contributed by atoms with E-state index in [0.717, 1.165) is 18.4 Å². The molecule has 7 heteroatoms. The lowest BCUT2D eigenvalue weighted by molar-refractivity contribution is -0.183. The summed E-state index contributed by atoms with van der Waals surface area (Å²) >= 11 is 12.4. The standard InChI is InChI=1S/C16H21Cl2N3O2.2C2H6/c1-4-5-13-9-22-16(23-13,10-21(20-3)11-19-2)14-7-6-12(17)8-15(14)18;2*1-2/h6-8,11,13H,3-5,9-10H2,1-2H3;2*1-2H3. The van der Waals surface area contributed by atoms with E-state index in [1.807, 2.05) is 33.8 Å². The van der Waals surface area contributed by atoms with E-state index in [4.69, 9.17) is 32.7 Å². The fraction of sp³-hybridized carbons (Fsp3) is 0.600. The van der Waals surface area contributed by atoms with Gasteiger partial charge in [-0.25, -0.2) is 5.01 Å². The Morgan fingerprint density at radius 3 is 2.48 bits per heavy atom. The predicted molar refractivity (Wildman–Crippen MR) is 117 cm³/mol. The number of ether oxygens (including phenoxy) is 2. The van der Waals surface area contributed by atoms with Crippen molar-refractivity contribution in [3.63, 3.8) is 0 Å². The molecule has 1 aliphatic heterocycles. The third-order valence-electron chi connectivity index (χ3n) is 3.61. The summed E-state index contributed by atoms with van der Waals surface area (Å²) in [5.41, 5.74) is 0.723. The number of hydrogen-bond donors (Lipinski definition) is 0. The van der Waals surface area contributed by atoms with Crippen LogP contribution in [0.1, 0.15) is 53.0 Å². The molecule has 0 saturated carbocycles. The van der Waals surface area contributed by atoms with Crippen molar-refractivity contribution in [2.45, 2.75) is 59.4 Å². The Labute approximate surface area is 174 Å². The Hall–Kier alpha value is -1.14. The van der Waals surface area contributed by atoms with Crippen molar-refractivity contribution in [1.82, 2.24) is 5.01 Å². The molecule has 2 atom stereocenters. The van der Waals surface area contributed by atoms with Gasteiger partial charge in [-0.15, -0.1) is 0 Å². The van der Waals surface area contributed by atoms with Crippen molar-refractivity contribution in [1.29, 1.82) is 0 Å². The van der Waals surface area contributed by atoms with E-state index in [1.54, 1.807) is 30.5 Å². The van der Waals surface area contributed by atoms with Crippen LogP contribution in [0.5, 0.6) is 0 Å². The minimum absolute atomic E-state index is 0.0111. The van der Waals surface area contributed by atoms with Crippen LogP contribution in [0, 0.1) is 0 Å². The fourth-order valence-corrected chi connectivity index (χ4v) is 3.16. The molecule has 1 aliphatic rings. The molecule has 154 valence electrons. The zero-order chi connectivity index (χ0) is 20.9. The van der Waals surface area contributed by atoms with Gasteiger partial charge in [0.15, 0.2) is 0 Å². The number of rotatable bonds is 7. The maximum atomic E-state index is 6.38. The highest BCUT2D eigenvalue weighted by Crippen LogP contribution is 2.40. The van der Waals surface area contributed by atoms with Gasteiger partial charge in [-0.2, -0.15) is 5.10 Å². The van der Waals surface area contributed by atoms with E-state index >= 15 is 0 Å². The average Bonchev–Trinajstić information content (AvgIpc) is 3.08. The van der Waals surface area contributed by atoms with Gasteiger partial charge in [0.1, 0.15) is 12.9 Å². The summed E-state index contributed by atoms with van der Waals surface area (Å²) in [5.74, 6) is -1.02. The molecule has 5 nitrogen and oxygen atoms in total. The van der Waals surface area contributed by atoms with Crippen LogP contribution in [-0.2, 0) is 15.3 Å². The number of hydrazone groups is 1. The summed E-state index contributed by atoms with van der Waals surface area (Å²) in [6, 6.07) is 5.27. The number of hydrogen-bond acceptors (Lipinski definition) is 4. The molecule has 2 unspecified atom stereocenters. The number of aliphatic imine (C=N–C) groups is 1. The number of halogens is 2. The van der Waals surface area contributed by atoms with E-state index < -0.39 is 5.79 Å². The van der Waals surface area contributed by atoms with Crippen LogP contribution in [0.15, 0.2) is 28.3 Å². The lowest BCUT2D eigenvalue weighted by Gasteiger charge is -2.32. The molecule has 0 spiro atoms. The third kappa shape index (κ3) is 7.41. The second-order valence-corrected chi connectivity index (χ2v) is 6.17. The van der Waals surface area contributed by atoms with Gasteiger partial charge in [0.05, 0.1) is 17.7 Å². The Bertz CT molecular complexity index is 584. The molecule has 1 fully saturated rings. The predicted octanol–water partition coefficient (Wildman–Crippen LogP) is 5.99. The van der Waals surface area contributed by atoms with Gasteiger partial charge < -0.3 is 9.47 Å². The van der Waals surface area contributed by atoms with Crippen LogP contribution in [0.2, 0.25) is 10.0 Å². The van der Waals surface area contributed by atoms with Crippen molar-refractivity contribution < 1.29 is 9.47 Å². The van der Waals surface area contributed by atoms with E-state index in [9.17, 15) is 0 Å². The minimum atomic E-state index is -1.02. The Morgan fingerprint density at radius 2 is 1.96 bits per heavy atom. The van der Waals surface area contributed by atoms with Crippen molar-refractivity contribution in [3.05, 3.63) is 33.8 Å². The molecule has 0 amide bonds. The molecule has 0 bridgehead atoms. The summed E-state index contributed by atoms with van der Waals surface area (Å²) in [6.07, 6.45) is 3.50. The van der Waals surface area contributed by atoms with Crippen LogP contribution in [0.4, 0.5) is 0 Å². The van der Waals surface area contributed by atoms with Gasteiger partial charge in [0.2, 0.25) is 5.79 Å². The summed E-state index contributed by atoms with van der Waals surface area (Å²) in [5, 5.41) is 6.56. The molecule has 1 aromatic rings. The van der Waals surface area contributed by atoms with E-state index in [-0.39, 0.29) is 6.10 Å².